The highest BCUT2D eigenvalue weighted by molar-refractivity contribution is 7.09. The number of ether oxygens (including phenoxy) is 1. The number of nitrogens with one attached hydrogen (secondary N) is 3. The van der Waals surface area contributed by atoms with E-state index < -0.39 is 17.6 Å². The Morgan fingerprint density at radius 3 is 2.37 bits per heavy atom. The highest BCUT2D eigenvalue weighted by atomic mass is 32.1. The third-order valence-corrected chi connectivity index (χ3v) is 7.64. The molecule has 0 unspecified atom stereocenters. The molecule has 11 heteroatoms. The Hall–Kier alpha value is -3.96. The zero-order valence-electron chi connectivity index (χ0n) is 25.2. The second-order valence-corrected chi connectivity index (χ2v) is 12.4. The molecular formula is C32H42N6O4S. The number of pyridine rings is 1. The monoisotopic (exact) mass is 606 g/mol. The molecule has 1 fully saturated rings. The van der Waals surface area contributed by atoms with Crippen molar-refractivity contribution in [3.05, 3.63) is 76.2 Å². The van der Waals surface area contributed by atoms with Crippen LogP contribution in [0.4, 0.5) is 21.0 Å². The number of rotatable bonds is 12. The zero-order valence-corrected chi connectivity index (χ0v) is 26.0. The molecule has 0 atom stereocenters. The maximum atomic E-state index is 13.2. The summed E-state index contributed by atoms with van der Waals surface area (Å²) in [6.45, 7) is 10.1. The Morgan fingerprint density at radius 2 is 1.70 bits per heavy atom. The smallest absolute Gasteiger partial charge is 0.412 e. The van der Waals surface area contributed by atoms with Gasteiger partial charge in [0.25, 0.3) is 5.91 Å². The van der Waals surface area contributed by atoms with Gasteiger partial charge in [0.05, 0.1) is 11.4 Å². The summed E-state index contributed by atoms with van der Waals surface area (Å²) in [4.78, 5) is 46.9. The largest absolute Gasteiger partial charge is 0.444 e. The molecule has 3 aromatic rings. The summed E-state index contributed by atoms with van der Waals surface area (Å²) >= 11 is 1.34. The van der Waals surface area contributed by atoms with E-state index in [0.29, 0.717) is 31.0 Å². The Morgan fingerprint density at radius 1 is 0.977 bits per heavy atom. The summed E-state index contributed by atoms with van der Waals surface area (Å²) in [5, 5.41) is 12.0. The van der Waals surface area contributed by atoms with E-state index >= 15 is 0 Å². The number of urea groups is 1. The van der Waals surface area contributed by atoms with Crippen molar-refractivity contribution in [2.24, 2.45) is 0 Å². The second-order valence-electron chi connectivity index (χ2n) is 11.6. The average Bonchev–Trinajstić information content (AvgIpc) is 3.64. The Labute approximate surface area is 257 Å². The molecule has 0 radical (unpaired) electrons. The SMILES string of the molecule is CC(C)(C)OC(=O)Nc1cscc1NC(=O)c1ccc(CN(CCCN2CCCC2)C(=O)NCCc2ccccc2)cn1. The molecule has 4 rings (SSSR count). The molecule has 43 heavy (non-hydrogen) atoms. The van der Waals surface area contributed by atoms with Crippen LogP contribution in [-0.2, 0) is 17.7 Å². The van der Waals surface area contributed by atoms with Gasteiger partial charge in [-0.25, -0.2) is 9.59 Å². The molecule has 1 aromatic carbocycles. The summed E-state index contributed by atoms with van der Waals surface area (Å²) in [5.41, 5.74) is 2.51. The minimum Gasteiger partial charge on any atom is -0.444 e. The first kappa shape index (κ1) is 32.0. The summed E-state index contributed by atoms with van der Waals surface area (Å²) in [6, 6.07) is 13.4. The van der Waals surface area contributed by atoms with Gasteiger partial charge in [-0.2, -0.15) is 0 Å². The van der Waals surface area contributed by atoms with E-state index in [1.165, 1.54) is 29.7 Å². The van der Waals surface area contributed by atoms with Gasteiger partial charge < -0.3 is 25.2 Å². The van der Waals surface area contributed by atoms with Crippen LogP contribution < -0.4 is 16.0 Å². The first-order chi connectivity index (χ1) is 20.7. The zero-order chi connectivity index (χ0) is 30.7. The van der Waals surface area contributed by atoms with E-state index in [1.54, 1.807) is 43.8 Å². The number of thiophene rings is 1. The van der Waals surface area contributed by atoms with Gasteiger partial charge in [0, 0.05) is 36.6 Å². The van der Waals surface area contributed by atoms with Crippen molar-refractivity contribution in [1.29, 1.82) is 0 Å². The third kappa shape index (κ3) is 10.7. The van der Waals surface area contributed by atoms with E-state index in [1.807, 2.05) is 29.2 Å². The summed E-state index contributed by atoms with van der Waals surface area (Å²) in [5.74, 6) is -0.404. The number of carbonyl (C=O) groups is 3. The summed E-state index contributed by atoms with van der Waals surface area (Å²) in [6.07, 6.45) is 5.16. The maximum Gasteiger partial charge on any atom is 0.412 e. The van der Waals surface area contributed by atoms with E-state index in [2.05, 4.69) is 38.0 Å². The molecule has 0 spiro atoms. The van der Waals surface area contributed by atoms with Gasteiger partial charge in [-0.05, 0) is 83.3 Å². The van der Waals surface area contributed by atoms with E-state index in [0.717, 1.165) is 38.0 Å². The number of hydrogen-bond donors (Lipinski definition) is 3. The number of nitrogens with zero attached hydrogens (tertiary/aromatic N) is 3. The quantitative estimate of drug-likeness (QED) is 0.234. The van der Waals surface area contributed by atoms with Crippen LogP contribution in [-0.4, -0.2) is 71.1 Å². The lowest BCUT2D eigenvalue weighted by Crippen LogP contribution is -2.41. The van der Waals surface area contributed by atoms with E-state index in [9.17, 15) is 14.4 Å². The highest BCUT2D eigenvalue weighted by Crippen LogP contribution is 2.27. The van der Waals surface area contributed by atoms with Gasteiger partial charge in [-0.15, -0.1) is 11.3 Å². The lowest BCUT2D eigenvalue weighted by atomic mass is 10.1. The Kier molecular flexibility index (Phi) is 11.5. The number of hydrogen-bond acceptors (Lipinski definition) is 7. The number of amides is 4. The van der Waals surface area contributed by atoms with Gasteiger partial charge in [0.2, 0.25) is 0 Å². The predicted octanol–water partition coefficient (Wildman–Crippen LogP) is 5.98. The first-order valence-corrected chi connectivity index (χ1v) is 15.7. The van der Waals surface area contributed by atoms with Crippen LogP contribution in [0.25, 0.3) is 0 Å². The van der Waals surface area contributed by atoms with Crippen LogP contribution in [0.3, 0.4) is 0 Å². The number of benzene rings is 1. The molecule has 1 aliphatic heterocycles. The lowest BCUT2D eigenvalue weighted by Gasteiger charge is -2.24. The molecule has 10 nitrogen and oxygen atoms in total. The van der Waals surface area contributed by atoms with Gasteiger partial charge in [-0.1, -0.05) is 36.4 Å². The first-order valence-electron chi connectivity index (χ1n) is 14.8. The lowest BCUT2D eigenvalue weighted by molar-refractivity contribution is 0.0635. The van der Waals surface area contributed by atoms with Crippen LogP contribution in [0.1, 0.15) is 61.6 Å². The van der Waals surface area contributed by atoms with Crippen molar-refractivity contribution in [1.82, 2.24) is 20.1 Å². The molecule has 0 aliphatic carbocycles. The molecule has 3 heterocycles. The van der Waals surface area contributed by atoms with Crippen LogP contribution in [0.5, 0.6) is 0 Å². The van der Waals surface area contributed by atoms with E-state index in [4.69, 9.17) is 4.74 Å². The molecular weight excluding hydrogens is 564 g/mol. The topological polar surface area (TPSA) is 116 Å². The van der Waals surface area contributed by atoms with Crippen molar-refractivity contribution in [2.75, 3.05) is 43.4 Å². The van der Waals surface area contributed by atoms with Crippen LogP contribution in [0.15, 0.2) is 59.4 Å². The van der Waals surface area contributed by atoms with Gasteiger partial charge in [-0.3, -0.25) is 15.1 Å². The number of aromatic nitrogens is 1. The molecule has 0 saturated carbocycles. The molecule has 3 N–H and O–H groups in total. The van der Waals surface area contributed by atoms with Gasteiger partial charge >= 0.3 is 12.1 Å². The third-order valence-electron chi connectivity index (χ3n) is 6.90. The Balaban J connectivity index is 1.33. The molecule has 0 bridgehead atoms. The standard InChI is InChI=1S/C32H42N6O4S/c1-32(2,3)42-31(41)36-28-23-43-22-27(28)35-29(39)26-13-12-25(20-34-26)21-38(19-9-18-37-16-7-8-17-37)30(40)33-15-14-24-10-5-4-6-11-24/h4-6,10-13,20,22-23H,7-9,14-19,21H2,1-3H3,(H,33,40)(H,35,39)(H,36,41). The van der Waals surface area contributed by atoms with Gasteiger partial charge in [0.1, 0.15) is 11.3 Å². The van der Waals surface area contributed by atoms with E-state index in [-0.39, 0.29) is 11.7 Å². The fourth-order valence-corrected chi connectivity index (χ4v) is 5.49. The van der Waals surface area contributed by atoms with Crippen LogP contribution in [0, 0.1) is 0 Å². The van der Waals surface area contributed by atoms with Crippen molar-refractivity contribution >= 4 is 40.7 Å². The predicted molar refractivity (Wildman–Crippen MR) is 171 cm³/mol. The fraction of sp³-hybridized carbons (Fsp3) is 0.438. The molecule has 230 valence electrons. The number of carbonyl (C=O) groups excluding carboxylic acids is 3. The van der Waals surface area contributed by atoms with Crippen LogP contribution in [0.2, 0.25) is 0 Å². The minimum atomic E-state index is -0.637. The second kappa shape index (κ2) is 15.5. The van der Waals surface area contributed by atoms with Crippen molar-refractivity contribution in [2.45, 2.75) is 58.6 Å². The van der Waals surface area contributed by atoms with Crippen molar-refractivity contribution in [3.63, 3.8) is 0 Å². The highest BCUT2D eigenvalue weighted by Gasteiger charge is 2.20. The number of likely N-dealkylation sites (tertiary alicyclic amines) is 1. The van der Waals surface area contributed by atoms with Crippen LogP contribution >= 0.6 is 11.3 Å². The molecule has 4 amide bonds. The normalized spacial score (nSPS) is 13.4. The summed E-state index contributed by atoms with van der Waals surface area (Å²) < 4.78 is 5.30. The van der Waals surface area contributed by atoms with Crippen molar-refractivity contribution < 1.29 is 19.1 Å². The fourth-order valence-electron chi connectivity index (χ4n) is 4.78. The maximum absolute atomic E-state index is 13.2. The van der Waals surface area contributed by atoms with Gasteiger partial charge in [0.15, 0.2) is 0 Å². The Bertz CT molecular complexity index is 1330. The molecule has 1 aliphatic rings. The van der Waals surface area contributed by atoms with Crippen molar-refractivity contribution in [3.8, 4) is 0 Å². The summed E-state index contributed by atoms with van der Waals surface area (Å²) in [7, 11) is 0. The molecule has 2 aromatic heterocycles. The molecule has 1 saturated heterocycles. The average molecular weight is 607 g/mol. The minimum absolute atomic E-state index is 0.110. The number of anilines is 2.